The summed E-state index contributed by atoms with van der Waals surface area (Å²) in [5.41, 5.74) is 2.20. The Labute approximate surface area is 136 Å². The number of nitrogens with one attached hydrogen (secondary N) is 1. The third-order valence-corrected chi connectivity index (χ3v) is 4.45. The summed E-state index contributed by atoms with van der Waals surface area (Å²) in [7, 11) is 0. The molecule has 0 saturated carbocycles. The van der Waals surface area contributed by atoms with E-state index in [1.165, 1.54) is 5.56 Å². The number of hydrogen-bond donors (Lipinski definition) is 2. The molecule has 0 radical (unpaired) electrons. The van der Waals surface area contributed by atoms with Gasteiger partial charge in [-0.25, -0.2) is 0 Å². The molecule has 0 amide bonds. The SMILES string of the molecule is OC(CN1CCNCC1c1ccccc1)c1ccc(Cl)cc1. The fourth-order valence-electron chi connectivity index (χ4n) is 2.98. The summed E-state index contributed by atoms with van der Waals surface area (Å²) >= 11 is 5.91. The highest BCUT2D eigenvalue weighted by molar-refractivity contribution is 6.30. The zero-order valence-corrected chi connectivity index (χ0v) is 13.2. The summed E-state index contributed by atoms with van der Waals surface area (Å²) in [5, 5.41) is 14.7. The van der Waals surface area contributed by atoms with Crippen molar-refractivity contribution in [2.45, 2.75) is 12.1 Å². The Hall–Kier alpha value is -1.39. The van der Waals surface area contributed by atoms with Crippen molar-refractivity contribution in [3.05, 3.63) is 70.7 Å². The molecule has 2 unspecified atom stereocenters. The van der Waals surface area contributed by atoms with Crippen LogP contribution in [0.1, 0.15) is 23.3 Å². The fraction of sp³-hybridized carbons (Fsp3) is 0.333. The third-order valence-electron chi connectivity index (χ3n) is 4.20. The van der Waals surface area contributed by atoms with Crippen LogP contribution in [0.25, 0.3) is 0 Å². The van der Waals surface area contributed by atoms with Gasteiger partial charge in [-0.3, -0.25) is 4.90 Å². The molecular weight excluding hydrogens is 296 g/mol. The molecule has 3 nitrogen and oxygen atoms in total. The lowest BCUT2D eigenvalue weighted by Gasteiger charge is -2.37. The second-order valence-corrected chi connectivity index (χ2v) is 6.13. The molecule has 0 bridgehead atoms. The number of aliphatic hydroxyl groups is 1. The van der Waals surface area contributed by atoms with Crippen molar-refractivity contribution < 1.29 is 5.11 Å². The van der Waals surface area contributed by atoms with E-state index in [1.807, 2.05) is 30.3 Å². The van der Waals surface area contributed by atoms with Gasteiger partial charge in [0, 0.05) is 37.2 Å². The zero-order valence-electron chi connectivity index (χ0n) is 12.5. The summed E-state index contributed by atoms with van der Waals surface area (Å²) in [6.45, 7) is 3.43. The van der Waals surface area contributed by atoms with Gasteiger partial charge in [-0.15, -0.1) is 0 Å². The number of halogens is 1. The molecule has 2 atom stereocenters. The van der Waals surface area contributed by atoms with Gasteiger partial charge in [0.15, 0.2) is 0 Å². The number of rotatable bonds is 4. The van der Waals surface area contributed by atoms with Crippen LogP contribution in [0.15, 0.2) is 54.6 Å². The lowest BCUT2D eigenvalue weighted by atomic mass is 10.0. The zero-order chi connectivity index (χ0) is 15.4. The minimum atomic E-state index is -0.499. The Balaban J connectivity index is 1.72. The van der Waals surface area contributed by atoms with Crippen LogP contribution in [0.3, 0.4) is 0 Å². The third kappa shape index (κ3) is 3.68. The predicted molar refractivity (Wildman–Crippen MR) is 90.0 cm³/mol. The lowest BCUT2D eigenvalue weighted by Crippen LogP contribution is -2.47. The highest BCUT2D eigenvalue weighted by Crippen LogP contribution is 2.25. The van der Waals surface area contributed by atoms with Crippen molar-refractivity contribution in [3.63, 3.8) is 0 Å². The van der Waals surface area contributed by atoms with Crippen LogP contribution in [0.5, 0.6) is 0 Å². The van der Waals surface area contributed by atoms with Crippen molar-refractivity contribution in [2.75, 3.05) is 26.2 Å². The summed E-state index contributed by atoms with van der Waals surface area (Å²) in [5.74, 6) is 0. The maximum Gasteiger partial charge on any atom is 0.0917 e. The van der Waals surface area contributed by atoms with Crippen molar-refractivity contribution >= 4 is 11.6 Å². The van der Waals surface area contributed by atoms with E-state index >= 15 is 0 Å². The number of aliphatic hydroxyl groups excluding tert-OH is 1. The minimum Gasteiger partial charge on any atom is -0.387 e. The minimum absolute atomic E-state index is 0.303. The first-order valence-electron chi connectivity index (χ1n) is 7.67. The normalized spacial score (nSPS) is 20.7. The average molecular weight is 317 g/mol. The number of β-amino-alcohol motifs (C(OH)–C–C–N with tert-alkyl or cyclic N) is 1. The molecule has 3 rings (SSSR count). The maximum atomic E-state index is 10.5. The van der Waals surface area contributed by atoms with Gasteiger partial charge in [0.25, 0.3) is 0 Å². The Bertz CT molecular complexity index is 588. The van der Waals surface area contributed by atoms with Gasteiger partial charge in [0.05, 0.1) is 6.10 Å². The van der Waals surface area contributed by atoms with E-state index in [9.17, 15) is 5.11 Å². The summed E-state index contributed by atoms with van der Waals surface area (Å²) in [6, 6.07) is 18.2. The van der Waals surface area contributed by atoms with E-state index in [1.54, 1.807) is 0 Å². The standard InChI is InChI=1S/C18H21ClN2O/c19-16-8-6-15(7-9-16)18(22)13-21-11-10-20-12-17(21)14-4-2-1-3-5-14/h1-9,17-18,20,22H,10-13H2. The molecule has 1 aliphatic heterocycles. The molecule has 1 heterocycles. The van der Waals surface area contributed by atoms with Crippen LogP contribution < -0.4 is 5.32 Å². The number of piperazine rings is 1. The first kappa shape index (κ1) is 15.5. The van der Waals surface area contributed by atoms with Gasteiger partial charge in [0.2, 0.25) is 0 Å². The Morgan fingerprint density at radius 1 is 1.14 bits per heavy atom. The van der Waals surface area contributed by atoms with Crippen molar-refractivity contribution in [1.82, 2.24) is 10.2 Å². The summed E-state index contributed by atoms with van der Waals surface area (Å²) < 4.78 is 0. The van der Waals surface area contributed by atoms with Gasteiger partial charge in [-0.1, -0.05) is 54.1 Å². The van der Waals surface area contributed by atoms with Gasteiger partial charge < -0.3 is 10.4 Å². The second kappa shape index (κ2) is 7.25. The fourth-order valence-corrected chi connectivity index (χ4v) is 3.11. The predicted octanol–water partition coefficient (Wildman–Crippen LogP) is 3.02. The largest absolute Gasteiger partial charge is 0.387 e. The molecule has 1 saturated heterocycles. The van der Waals surface area contributed by atoms with E-state index in [4.69, 9.17) is 11.6 Å². The highest BCUT2D eigenvalue weighted by Gasteiger charge is 2.25. The molecular formula is C18H21ClN2O. The molecule has 2 aromatic rings. The quantitative estimate of drug-likeness (QED) is 0.910. The molecule has 0 spiro atoms. The monoisotopic (exact) mass is 316 g/mol. The van der Waals surface area contributed by atoms with Crippen molar-refractivity contribution in [3.8, 4) is 0 Å². The topological polar surface area (TPSA) is 35.5 Å². The molecule has 1 fully saturated rings. The summed E-state index contributed by atoms with van der Waals surface area (Å²) in [6.07, 6.45) is -0.499. The number of hydrogen-bond acceptors (Lipinski definition) is 3. The van der Waals surface area contributed by atoms with Crippen LogP contribution in [-0.4, -0.2) is 36.2 Å². The first-order chi connectivity index (χ1) is 10.7. The molecule has 0 aliphatic carbocycles. The van der Waals surface area contributed by atoms with E-state index in [2.05, 4.69) is 34.5 Å². The molecule has 116 valence electrons. The molecule has 2 N–H and O–H groups in total. The molecule has 2 aromatic carbocycles. The molecule has 0 aromatic heterocycles. The summed E-state index contributed by atoms with van der Waals surface area (Å²) in [4.78, 5) is 2.35. The smallest absolute Gasteiger partial charge is 0.0917 e. The molecule has 22 heavy (non-hydrogen) atoms. The Kier molecular flexibility index (Phi) is 5.11. The second-order valence-electron chi connectivity index (χ2n) is 5.69. The van der Waals surface area contributed by atoms with Gasteiger partial charge in [-0.05, 0) is 23.3 Å². The van der Waals surface area contributed by atoms with Crippen molar-refractivity contribution in [2.24, 2.45) is 0 Å². The highest BCUT2D eigenvalue weighted by atomic mass is 35.5. The van der Waals surface area contributed by atoms with Crippen LogP contribution >= 0.6 is 11.6 Å². The lowest BCUT2D eigenvalue weighted by molar-refractivity contribution is 0.0733. The number of benzene rings is 2. The first-order valence-corrected chi connectivity index (χ1v) is 8.05. The van der Waals surface area contributed by atoms with Crippen molar-refractivity contribution in [1.29, 1.82) is 0 Å². The van der Waals surface area contributed by atoms with E-state index < -0.39 is 6.10 Å². The van der Waals surface area contributed by atoms with E-state index in [-0.39, 0.29) is 0 Å². The van der Waals surface area contributed by atoms with Gasteiger partial charge >= 0.3 is 0 Å². The average Bonchev–Trinajstić information content (AvgIpc) is 2.57. The molecule has 1 aliphatic rings. The maximum absolute atomic E-state index is 10.5. The van der Waals surface area contributed by atoms with Crippen LogP contribution in [0.2, 0.25) is 5.02 Å². The Morgan fingerprint density at radius 3 is 2.59 bits per heavy atom. The van der Waals surface area contributed by atoms with Crippen LogP contribution in [0.4, 0.5) is 0 Å². The Morgan fingerprint density at radius 2 is 1.86 bits per heavy atom. The van der Waals surface area contributed by atoms with E-state index in [0.29, 0.717) is 17.6 Å². The van der Waals surface area contributed by atoms with Crippen LogP contribution in [-0.2, 0) is 0 Å². The number of nitrogens with zero attached hydrogens (tertiary/aromatic N) is 1. The van der Waals surface area contributed by atoms with Crippen LogP contribution in [0, 0.1) is 0 Å². The van der Waals surface area contributed by atoms with E-state index in [0.717, 1.165) is 25.2 Å². The van der Waals surface area contributed by atoms with Gasteiger partial charge in [0.1, 0.15) is 0 Å². The molecule has 4 heteroatoms. The van der Waals surface area contributed by atoms with Gasteiger partial charge in [-0.2, -0.15) is 0 Å².